The number of aromatic nitrogens is 4. The number of tetrazole rings is 1. The Morgan fingerprint density at radius 3 is 2.74 bits per heavy atom. The summed E-state index contributed by atoms with van der Waals surface area (Å²) in [5, 5.41) is 12.3. The lowest BCUT2D eigenvalue weighted by molar-refractivity contribution is -0.129. The van der Waals surface area contributed by atoms with E-state index in [4.69, 9.17) is 0 Å². The molecule has 0 spiro atoms. The van der Waals surface area contributed by atoms with E-state index in [9.17, 15) is 4.79 Å². The monoisotopic (exact) mass is 283 g/mol. The van der Waals surface area contributed by atoms with Gasteiger partial charge in [0.05, 0.1) is 11.8 Å². The summed E-state index contributed by atoms with van der Waals surface area (Å²) in [6.45, 7) is 8.06. The Balaban J connectivity index is 1.85. The summed E-state index contributed by atoms with van der Waals surface area (Å²) < 4.78 is 1.75. The number of likely N-dealkylation sites (tertiary alicyclic amines) is 1. The van der Waals surface area contributed by atoms with Crippen molar-refractivity contribution in [3.63, 3.8) is 0 Å². The second-order valence-corrected chi connectivity index (χ2v) is 6.29. The Bertz CT molecular complexity index is 426. The van der Waals surface area contributed by atoms with Crippen molar-refractivity contribution in [1.82, 2.24) is 25.1 Å². The Labute approximate surface area is 117 Å². The lowest BCUT2D eigenvalue weighted by Crippen LogP contribution is -2.38. The molecule has 6 nitrogen and oxygen atoms in total. The van der Waals surface area contributed by atoms with Crippen molar-refractivity contribution in [2.24, 2.45) is 5.92 Å². The molecule has 1 amide bonds. The number of thioether (sulfide) groups is 1. The molecule has 0 saturated carbocycles. The van der Waals surface area contributed by atoms with Crippen molar-refractivity contribution in [1.29, 1.82) is 0 Å². The molecule has 0 bridgehead atoms. The number of amides is 1. The number of piperidine rings is 1. The van der Waals surface area contributed by atoms with Gasteiger partial charge in [0.15, 0.2) is 0 Å². The van der Waals surface area contributed by atoms with Crippen molar-refractivity contribution >= 4 is 17.7 Å². The summed E-state index contributed by atoms with van der Waals surface area (Å²) in [5.74, 6) is 1.35. The largest absolute Gasteiger partial charge is 0.342 e. The van der Waals surface area contributed by atoms with Gasteiger partial charge in [0.2, 0.25) is 11.1 Å². The Morgan fingerprint density at radius 1 is 1.42 bits per heavy atom. The lowest BCUT2D eigenvalue weighted by atomic mass is 9.99. The SMILES string of the molecule is CC1CCN(C(=O)CSc2nnnn2C(C)C)CC1. The number of hydrogen-bond donors (Lipinski definition) is 0. The highest BCUT2D eigenvalue weighted by atomic mass is 32.2. The van der Waals surface area contributed by atoms with E-state index in [0.29, 0.717) is 10.9 Å². The van der Waals surface area contributed by atoms with E-state index in [1.54, 1.807) is 4.68 Å². The van der Waals surface area contributed by atoms with Crippen LogP contribution in [0.2, 0.25) is 0 Å². The number of rotatable bonds is 4. The quantitative estimate of drug-likeness (QED) is 0.785. The van der Waals surface area contributed by atoms with Gasteiger partial charge in [-0.05, 0) is 43.0 Å². The first kappa shape index (κ1) is 14.3. The predicted octanol–water partition coefficient (Wildman–Crippen LogP) is 1.60. The molecular weight excluding hydrogens is 262 g/mol. The second kappa shape index (κ2) is 6.36. The summed E-state index contributed by atoms with van der Waals surface area (Å²) in [6.07, 6.45) is 2.22. The fourth-order valence-electron chi connectivity index (χ4n) is 2.08. The number of hydrogen-bond acceptors (Lipinski definition) is 5. The third-order valence-corrected chi connectivity index (χ3v) is 4.33. The average Bonchev–Trinajstić information content (AvgIpc) is 2.85. The standard InChI is InChI=1S/C12H21N5OS/c1-9(2)17-12(13-14-15-17)19-8-11(18)16-6-4-10(3)5-7-16/h9-10H,4-8H2,1-3H3. The van der Waals surface area contributed by atoms with Crippen molar-refractivity contribution in [3.8, 4) is 0 Å². The summed E-state index contributed by atoms with van der Waals surface area (Å²) in [4.78, 5) is 14.1. The maximum atomic E-state index is 12.1. The van der Waals surface area contributed by atoms with Crippen LogP contribution < -0.4 is 0 Å². The third-order valence-electron chi connectivity index (χ3n) is 3.41. The van der Waals surface area contributed by atoms with Crippen LogP contribution in [0.15, 0.2) is 5.16 Å². The molecule has 1 aliphatic heterocycles. The van der Waals surface area contributed by atoms with Crippen LogP contribution >= 0.6 is 11.8 Å². The zero-order valence-corrected chi connectivity index (χ0v) is 12.6. The van der Waals surface area contributed by atoms with E-state index in [2.05, 4.69) is 22.4 Å². The van der Waals surface area contributed by atoms with Crippen LogP contribution in [0.3, 0.4) is 0 Å². The van der Waals surface area contributed by atoms with E-state index in [-0.39, 0.29) is 11.9 Å². The molecule has 19 heavy (non-hydrogen) atoms. The van der Waals surface area contributed by atoms with Gasteiger partial charge in [-0.15, -0.1) is 5.10 Å². The smallest absolute Gasteiger partial charge is 0.233 e. The highest BCUT2D eigenvalue weighted by molar-refractivity contribution is 7.99. The molecule has 0 radical (unpaired) electrons. The molecule has 1 aromatic rings. The summed E-state index contributed by atoms with van der Waals surface area (Å²) >= 11 is 1.42. The summed E-state index contributed by atoms with van der Waals surface area (Å²) in [5.41, 5.74) is 0. The van der Waals surface area contributed by atoms with E-state index in [1.165, 1.54) is 11.8 Å². The molecular formula is C12H21N5OS. The van der Waals surface area contributed by atoms with E-state index in [1.807, 2.05) is 18.7 Å². The topological polar surface area (TPSA) is 63.9 Å². The van der Waals surface area contributed by atoms with E-state index < -0.39 is 0 Å². The number of nitrogens with zero attached hydrogens (tertiary/aromatic N) is 5. The Hall–Kier alpha value is -1.11. The van der Waals surface area contributed by atoms with Gasteiger partial charge in [0.25, 0.3) is 0 Å². The molecule has 7 heteroatoms. The zero-order valence-electron chi connectivity index (χ0n) is 11.7. The van der Waals surface area contributed by atoms with Gasteiger partial charge in [-0.1, -0.05) is 18.7 Å². The van der Waals surface area contributed by atoms with Crippen molar-refractivity contribution in [2.75, 3.05) is 18.8 Å². The van der Waals surface area contributed by atoms with Crippen LogP contribution in [0.5, 0.6) is 0 Å². The summed E-state index contributed by atoms with van der Waals surface area (Å²) in [7, 11) is 0. The zero-order chi connectivity index (χ0) is 13.8. The second-order valence-electron chi connectivity index (χ2n) is 5.35. The Kier molecular flexibility index (Phi) is 4.79. The maximum Gasteiger partial charge on any atom is 0.233 e. The first-order valence-corrected chi connectivity index (χ1v) is 7.75. The van der Waals surface area contributed by atoms with Crippen molar-refractivity contribution < 1.29 is 4.79 Å². The van der Waals surface area contributed by atoms with Crippen LogP contribution in [0.25, 0.3) is 0 Å². The fraction of sp³-hybridized carbons (Fsp3) is 0.833. The number of carbonyl (C=O) groups excluding carboxylic acids is 1. The van der Waals surface area contributed by atoms with Crippen LogP contribution in [-0.2, 0) is 4.79 Å². The molecule has 1 aromatic heterocycles. The molecule has 2 heterocycles. The highest BCUT2D eigenvalue weighted by Gasteiger charge is 2.21. The first-order valence-electron chi connectivity index (χ1n) is 6.76. The van der Waals surface area contributed by atoms with Crippen LogP contribution in [0, 0.1) is 5.92 Å². The fourth-order valence-corrected chi connectivity index (χ4v) is 2.99. The van der Waals surface area contributed by atoms with E-state index in [0.717, 1.165) is 31.8 Å². The molecule has 1 aliphatic rings. The molecule has 0 unspecified atom stereocenters. The number of carbonyl (C=O) groups is 1. The third kappa shape index (κ3) is 3.68. The maximum absolute atomic E-state index is 12.1. The van der Waals surface area contributed by atoms with Gasteiger partial charge >= 0.3 is 0 Å². The molecule has 0 N–H and O–H groups in total. The molecule has 106 valence electrons. The average molecular weight is 283 g/mol. The van der Waals surface area contributed by atoms with Gasteiger partial charge in [0, 0.05) is 13.1 Å². The van der Waals surface area contributed by atoms with Gasteiger partial charge < -0.3 is 4.90 Å². The van der Waals surface area contributed by atoms with Crippen LogP contribution in [-0.4, -0.2) is 49.9 Å². The van der Waals surface area contributed by atoms with Crippen LogP contribution in [0.1, 0.15) is 39.7 Å². The molecule has 2 rings (SSSR count). The van der Waals surface area contributed by atoms with Crippen molar-refractivity contribution in [3.05, 3.63) is 0 Å². The molecule has 1 saturated heterocycles. The molecule has 1 fully saturated rings. The minimum Gasteiger partial charge on any atom is -0.342 e. The Morgan fingerprint density at radius 2 is 2.11 bits per heavy atom. The van der Waals surface area contributed by atoms with Crippen LogP contribution in [0.4, 0.5) is 0 Å². The molecule has 0 atom stereocenters. The van der Waals surface area contributed by atoms with Gasteiger partial charge in [-0.25, -0.2) is 4.68 Å². The van der Waals surface area contributed by atoms with E-state index >= 15 is 0 Å². The molecule has 0 aliphatic carbocycles. The van der Waals surface area contributed by atoms with Gasteiger partial charge in [0.1, 0.15) is 0 Å². The normalized spacial score (nSPS) is 17.2. The minimum atomic E-state index is 0.190. The van der Waals surface area contributed by atoms with Crippen molar-refractivity contribution in [2.45, 2.75) is 44.8 Å². The molecule has 0 aromatic carbocycles. The first-order chi connectivity index (χ1) is 9.08. The van der Waals surface area contributed by atoms with Gasteiger partial charge in [-0.3, -0.25) is 4.79 Å². The highest BCUT2D eigenvalue weighted by Crippen LogP contribution is 2.20. The predicted molar refractivity (Wildman–Crippen MR) is 73.9 cm³/mol. The lowest BCUT2D eigenvalue weighted by Gasteiger charge is -2.30. The minimum absolute atomic E-state index is 0.190. The summed E-state index contributed by atoms with van der Waals surface area (Å²) in [6, 6.07) is 0.212. The van der Waals surface area contributed by atoms with Gasteiger partial charge in [-0.2, -0.15) is 0 Å².